The molecule has 2 N–H and O–H groups in total. The van der Waals surface area contributed by atoms with Crippen LogP contribution in [-0.4, -0.2) is 15.5 Å². The fourth-order valence-electron chi connectivity index (χ4n) is 1.09. The van der Waals surface area contributed by atoms with E-state index in [0.717, 1.165) is 0 Å². The highest BCUT2D eigenvalue weighted by atomic mass is 16.1. The van der Waals surface area contributed by atoms with Crippen molar-refractivity contribution in [2.24, 2.45) is 11.7 Å². The number of hydrogen-bond donors (Lipinski definition) is 1. The third-order valence-corrected chi connectivity index (χ3v) is 2.04. The van der Waals surface area contributed by atoms with E-state index in [-0.39, 0.29) is 11.5 Å². The standard InChI is InChI=1S/C9H13N3O2/c1-6(8(10)13)5-12-4-3-11-7(2)9(12)14/h3-4,6H,5H2,1-2H3,(H2,10,13). The average Bonchev–Trinajstić information content (AvgIpc) is 2.12. The molecule has 5 nitrogen and oxygen atoms in total. The summed E-state index contributed by atoms with van der Waals surface area (Å²) < 4.78 is 1.44. The Kier molecular flexibility index (Phi) is 3.01. The van der Waals surface area contributed by atoms with Gasteiger partial charge in [0.25, 0.3) is 5.56 Å². The topological polar surface area (TPSA) is 78.0 Å². The van der Waals surface area contributed by atoms with Crippen LogP contribution in [0.1, 0.15) is 12.6 Å². The minimum absolute atomic E-state index is 0.180. The van der Waals surface area contributed by atoms with Gasteiger partial charge in [-0.3, -0.25) is 14.6 Å². The lowest BCUT2D eigenvalue weighted by Gasteiger charge is -2.09. The number of hydrogen-bond acceptors (Lipinski definition) is 3. The van der Waals surface area contributed by atoms with Crippen molar-refractivity contribution < 1.29 is 4.79 Å². The molecular weight excluding hydrogens is 182 g/mol. The van der Waals surface area contributed by atoms with E-state index in [2.05, 4.69) is 4.98 Å². The molecule has 1 unspecified atom stereocenters. The second kappa shape index (κ2) is 4.04. The van der Waals surface area contributed by atoms with Crippen LogP contribution in [0.5, 0.6) is 0 Å². The molecule has 0 spiro atoms. The van der Waals surface area contributed by atoms with Crippen molar-refractivity contribution in [3.05, 3.63) is 28.4 Å². The van der Waals surface area contributed by atoms with Crippen LogP contribution in [0.4, 0.5) is 0 Å². The summed E-state index contributed by atoms with van der Waals surface area (Å²) in [6, 6.07) is 0. The molecule has 0 saturated carbocycles. The molecule has 1 aromatic heterocycles. The van der Waals surface area contributed by atoms with Gasteiger partial charge in [0, 0.05) is 18.9 Å². The van der Waals surface area contributed by atoms with Crippen LogP contribution < -0.4 is 11.3 Å². The summed E-state index contributed by atoms with van der Waals surface area (Å²) in [4.78, 5) is 26.1. The van der Waals surface area contributed by atoms with Crippen LogP contribution in [0.2, 0.25) is 0 Å². The summed E-state index contributed by atoms with van der Waals surface area (Å²) in [7, 11) is 0. The summed E-state index contributed by atoms with van der Waals surface area (Å²) in [5.41, 5.74) is 5.34. The maximum Gasteiger partial charge on any atom is 0.271 e. The van der Waals surface area contributed by atoms with Gasteiger partial charge in [-0.1, -0.05) is 6.92 Å². The molecule has 0 aliphatic heterocycles. The van der Waals surface area contributed by atoms with Gasteiger partial charge < -0.3 is 10.3 Å². The van der Waals surface area contributed by atoms with Gasteiger partial charge in [0.1, 0.15) is 5.69 Å². The third-order valence-electron chi connectivity index (χ3n) is 2.04. The number of aryl methyl sites for hydroxylation is 1. The molecule has 14 heavy (non-hydrogen) atoms. The van der Waals surface area contributed by atoms with Crippen molar-refractivity contribution in [3.63, 3.8) is 0 Å². The molecule has 0 radical (unpaired) electrons. The van der Waals surface area contributed by atoms with Crippen molar-refractivity contribution in [1.82, 2.24) is 9.55 Å². The number of aromatic nitrogens is 2. The van der Waals surface area contributed by atoms with Crippen LogP contribution in [0, 0.1) is 12.8 Å². The van der Waals surface area contributed by atoms with E-state index in [9.17, 15) is 9.59 Å². The van der Waals surface area contributed by atoms with Gasteiger partial charge in [0.05, 0.1) is 5.92 Å². The zero-order chi connectivity index (χ0) is 10.7. The van der Waals surface area contributed by atoms with Crippen molar-refractivity contribution in [1.29, 1.82) is 0 Å². The monoisotopic (exact) mass is 195 g/mol. The predicted octanol–water partition coefficient (Wildman–Crippen LogP) is -0.327. The van der Waals surface area contributed by atoms with Crippen molar-refractivity contribution in [2.45, 2.75) is 20.4 Å². The smallest absolute Gasteiger partial charge is 0.271 e. The van der Waals surface area contributed by atoms with Gasteiger partial charge in [-0.15, -0.1) is 0 Å². The Morgan fingerprint density at radius 1 is 1.71 bits per heavy atom. The second-order valence-corrected chi connectivity index (χ2v) is 3.27. The fraction of sp³-hybridized carbons (Fsp3) is 0.444. The van der Waals surface area contributed by atoms with Gasteiger partial charge in [0.2, 0.25) is 5.91 Å². The Labute approximate surface area is 81.6 Å². The summed E-state index contributed by atoms with van der Waals surface area (Å²) in [6.45, 7) is 3.62. The number of primary amides is 1. The van der Waals surface area contributed by atoms with Gasteiger partial charge in [-0.2, -0.15) is 0 Å². The highest BCUT2D eigenvalue weighted by molar-refractivity contribution is 5.76. The highest BCUT2D eigenvalue weighted by Crippen LogP contribution is 1.96. The molecule has 0 aliphatic carbocycles. The summed E-state index contributed by atoms with van der Waals surface area (Å²) in [5.74, 6) is -0.763. The number of nitrogens with two attached hydrogens (primary N) is 1. The van der Waals surface area contributed by atoms with E-state index < -0.39 is 5.91 Å². The first-order chi connectivity index (χ1) is 6.52. The molecule has 1 heterocycles. The SMILES string of the molecule is Cc1nccn(CC(C)C(N)=O)c1=O. The Hall–Kier alpha value is -1.65. The van der Waals surface area contributed by atoms with Gasteiger partial charge >= 0.3 is 0 Å². The Morgan fingerprint density at radius 3 is 2.93 bits per heavy atom. The average molecular weight is 195 g/mol. The molecule has 1 rings (SSSR count). The number of carbonyl (C=O) groups is 1. The van der Waals surface area contributed by atoms with E-state index in [1.807, 2.05) is 0 Å². The van der Waals surface area contributed by atoms with Crippen LogP contribution in [0.25, 0.3) is 0 Å². The Balaban J connectivity index is 2.93. The minimum Gasteiger partial charge on any atom is -0.369 e. The van der Waals surface area contributed by atoms with E-state index in [1.54, 1.807) is 20.0 Å². The first-order valence-electron chi connectivity index (χ1n) is 4.33. The van der Waals surface area contributed by atoms with Crippen molar-refractivity contribution >= 4 is 5.91 Å². The first kappa shape index (κ1) is 10.4. The van der Waals surface area contributed by atoms with Crippen LogP contribution in [-0.2, 0) is 11.3 Å². The highest BCUT2D eigenvalue weighted by Gasteiger charge is 2.10. The zero-order valence-electron chi connectivity index (χ0n) is 8.23. The lowest BCUT2D eigenvalue weighted by atomic mass is 10.2. The third kappa shape index (κ3) is 2.18. The first-order valence-corrected chi connectivity index (χ1v) is 4.33. The van der Waals surface area contributed by atoms with E-state index in [4.69, 9.17) is 5.73 Å². The van der Waals surface area contributed by atoms with E-state index in [0.29, 0.717) is 12.2 Å². The maximum atomic E-state index is 11.5. The molecule has 0 aliphatic rings. The van der Waals surface area contributed by atoms with Crippen LogP contribution >= 0.6 is 0 Å². The van der Waals surface area contributed by atoms with Gasteiger partial charge in [-0.25, -0.2) is 0 Å². The quantitative estimate of drug-likeness (QED) is 0.717. The van der Waals surface area contributed by atoms with E-state index in [1.165, 1.54) is 10.8 Å². The number of rotatable bonds is 3. The molecular formula is C9H13N3O2. The van der Waals surface area contributed by atoms with Crippen LogP contribution in [0.3, 0.4) is 0 Å². The minimum atomic E-state index is -0.411. The predicted molar refractivity (Wildman–Crippen MR) is 51.6 cm³/mol. The largest absolute Gasteiger partial charge is 0.369 e. The maximum absolute atomic E-state index is 11.5. The molecule has 0 fully saturated rings. The van der Waals surface area contributed by atoms with Crippen LogP contribution in [0.15, 0.2) is 17.2 Å². The summed E-state index contributed by atoms with van der Waals surface area (Å²) >= 11 is 0. The summed E-state index contributed by atoms with van der Waals surface area (Å²) in [6.07, 6.45) is 3.08. The molecule has 1 atom stereocenters. The van der Waals surface area contributed by atoms with E-state index >= 15 is 0 Å². The molecule has 0 aromatic carbocycles. The lowest BCUT2D eigenvalue weighted by molar-refractivity contribution is -0.121. The van der Waals surface area contributed by atoms with Gasteiger partial charge in [-0.05, 0) is 6.92 Å². The molecule has 76 valence electrons. The molecule has 1 aromatic rings. The number of carbonyl (C=O) groups excluding carboxylic acids is 1. The molecule has 0 bridgehead atoms. The number of amides is 1. The van der Waals surface area contributed by atoms with Crippen molar-refractivity contribution in [3.8, 4) is 0 Å². The lowest BCUT2D eigenvalue weighted by Crippen LogP contribution is -2.30. The number of nitrogens with zero attached hydrogens (tertiary/aromatic N) is 2. The Bertz CT molecular complexity index is 397. The molecule has 5 heteroatoms. The molecule has 0 saturated heterocycles. The molecule has 1 amide bonds. The van der Waals surface area contributed by atoms with Gasteiger partial charge in [0.15, 0.2) is 0 Å². The van der Waals surface area contributed by atoms with Crippen molar-refractivity contribution in [2.75, 3.05) is 0 Å². The normalized spacial score (nSPS) is 12.4. The summed E-state index contributed by atoms with van der Waals surface area (Å²) in [5, 5.41) is 0. The zero-order valence-corrected chi connectivity index (χ0v) is 8.23. The second-order valence-electron chi connectivity index (χ2n) is 3.27. The fourth-order valence-corrected chi connectivity index (χ4v) is 1.09. The Morgan fingerprint density at radius 2 is 2.36 bits per heavy atom.